The molecule has 37 valence electrons. The quantitative estimate of drug-likeness (QED) is 0.403. The van der Waals surface area contributed by atoms with Crippen LogP contribution in [0.4, 0.5) is 0 Å². The maximum absolute atomic E-state index is 8.89. The fourth-order valence-corrected chi connectivity index (χ4v) is 0. The van der Waals surface area contributed by atoms with Crippen LogP contribution in [-0.2, 0) is 21.9 Å². The molecule has 0 unspecified atom stereocenters. The Morgan fingerprint density at radius 1 is 1.57 bits per heavy atom. The number of hydrogen-bond donors (Lipinski definition) is 0. The van der Waals surface area contributed by atoms with Crippen LogP contribution in [0, 0.1) is 0 Å². The summed E-state index contributed by atoms with van der Waals surface area (Å²) in [5.41, 5.74) is 0. The first-order chi connectivity index (χ1) is 1.73. The Morgan fingerprint density at radius 2 is 1.57 bits per heavy atom. The standard InChI is InChI=1S/C2H4O2.Ca.Mn.H2O/c1-2(3)4;;;/h1H3,(H,3,4);;;1H2/q;2*+2;/p-2. The number of carboxylic acid groups (broad SMARTS) is 1. The topological polar surface area (TPSA) is 70.1 Å². The van der Waals surface area contributed by atoms with Gasteiger partial charge in [0.15, 0.2) is 0 Å². The summed E-state index contributed by atoms with van der Waals surface area (Å²) in [5.74, 6) is -1.08. The molecular formula is C2H4CaMnO3+2. The Morgan fingerprint density at radius 3 is 1.57 bits per heavy atom. The van der Waals surface area contributed by atoms with Crippen LogP contribution in [0.15, 0.2) is 0 Å². The van der Waals surface area contributed by atoms with Gasteiger partial charge in [0.05, 0.1) is 0 Å². The van der Waals surface area contributed by atoms with Crippen LogP contribution in [0.3, 0.4) is 0 Å². The maximum Gasteiger partial charge on any atom is 2.00 e. The van der Waals surface area contributed by atoms with E-state index in [1.807, 2.05) is 0 Å². The van der Waals surface area contributed by atoms with E-state index >= 15 is 0 Å². The van der Waals surface area contributed by atoms with Gasteiger partial charge in [0.1, 0.15) is 0 Å². The van der Waals surface area contributed by atoms with Gasteiger partial charge in [0.2, 0.25) is 0 Å². The largest absolute Gasteiger partial charge is 2.00 e. The second-order valence-electron chi connectivity index (χ2n) is 0.492. The van der Waals surface area contributed by atoms with Crippen molar-refractivity contribution in [1.82, 2.24) is 0 Å². The van der Waals surface area contributed by atoms with Gasteiger partial charge in [-0.25, -0.2) is 0 Å². The zero-order valence-corrected chi connectivity index (χ0v) is 7.24. The van der Waals surface area contributed by atoms with Crippen molar-refractivity contribution in [3.63, 3.8) is 0 Å². The fourth-order valence-electron chi connectivity index (χ4n) is 0. The van der Waals surface area contributed by atoms with Crippen molar-refractivity contribution in [2.24, 2.45) is 0 Å². The van der Waals surface area contributed by atoms with Crippen molar-refractivity contribution < 1.29 is 32.4 Å². The third-order valence-corrected chi connectivity index (χ3v) is 0. The molecule has 0 aromatic heterocycles. The Labute approximate surface area is 82.3 Å². The molecule has 0 bridgehead atoms. The monoisotopic (exact) mass is 171 g/mol. The van der Waals surface area contributed by atoms with E-state index in [0.29, 0.717) is 0 Å². The minimum absolute atomic E-state index is 0. The molecule has 0 fully saturated rings. The van der Waals surface area contributed by atoms with E-state index in [4.69, 9.17) is 9.90 Å². The molecule has 1 radical (unpaired) electrons. The number of carbonyl (C=O) groups is 1. The van der Waals surface area contributed by atoms with Gasteiger partial charge in [-0.15, -0.1) is 0 Å². The summed E-state index contributed by atoms with van der Waals surface area (Å²) in [6.07, 6.45) is 0. The summed E-state index contributed by atoms with van der Waals surface area (Å²) in [4.78, 5) is 8.89. The Hall–Kier alpha value is 1.21. The molecule has 0 aliphatic heterocycles. The summed E-state index contributed by atoms with van der Waals surface area (Å²) in [6, 6.07) is 0. The second-order valence-corrected chi connectivity index (χ2v) is 0.492. The normalized spacial score (nSPS) is 3.57. The van der Waals surface area contributed by atoms with E-state index < -0.39 is 5.97 Å². The van der Waals surface area contributed by atoms with Gasteiger partial charge >= 0.3 is 54.8 Å². The Bertz CT molecular complexity index is 35.9. The van der Waals surface area contributed by atoms with Crippen molar-refractivity contribution >= 4 is 43.7 Å². The van der Waals surface area contributed by atoms with E-state index in [1.165, 1.54) is 0 Å². The minimum atomic E-state index is -1.08. The van der Waals surface area contributed by atoms with Crippen LogP contribution in [0.2, 0.25) is 0 Å². The third kappa shape index (κ3) is 134. The summed E-state index contributed by atoms with van der Waals surface area (Å²) in [5, 5.41) is 8.89. The molecule has 5 heteroatoms. The number of aliphatic carboxylic acids is 1. The van der Waals surface area contributed by atoms with Crippen LogP contribution in [0.5, 0.6) is 0 Å². The van der Waals surface area contributed by atoms with Crippen molar-refractivity contribution in [3.05, 3.63) is 0 Å². The molecule has 0 rings (SSSR count). The summed E-state index contributed by atoms with van der Waals surface area (Å²) in [7, 11) is 0. The first-order valence-corrected chi connectivity index (χ1v) is 0.908. The maximum atomic E-state index is 8.89. The van der Waals surface area contributed by atoms with Crippen molar-refractivity contribution in [1.29, 1.82) is 0 Å². The van der Waals surface area contributed by atoms with Crippen LogP contribution in [-0.4, -0.2) is 49.2 Å². The van der Waals surface area contributed by atoms with E-state index in [0.717, 1.165) is 6.92 Å². The minimum Gasteiger partial charge on any atom is -0.870 e. The number of carbonyl (C=O) groups excluding carboxylic acids is 1. The molecule has 0 aromatic carbocycles. The molecule has 0 saturated carbocycles. The smallest absolute Gasteiger partial charge is 0.870 e. The first kappa shape index (κ1) is 24.1. The summed E-state index contributed by atoms with van der Waals surface area (Å²) >= 11 is 0. The van der Waals surface area contributed by atoms with Crippen molar-refractivity contribution in [3.8, 4) is 0 Å². The van der Waals surface area contributed by atoms with Gasteiger partial charge in [-0.05, 0) is 6.92 Å². The van der Waals surface area contributed by atoms with E-state index in [-0.39, 0.29) is 60.3 Å². The molecule has 0 amide bonds. The van der Waals surface area contributed by atoms with E-state index in [1.54, 1.807) is 0 Å². The van der Waals surface area contributed by atoms with Crippen LogP contribution in [0.1, 0.15) is 6.92 Å². The average Bonchev–Trinajstić information content (AvgIpc) is 0.811. The van der Waals surface area contributed by atoms with Crippen LogP contribution < -0.4 is 5.11 Å². The number of hydrogen-bond acceptors (Lipinski definition) is 3. The van der Waals surface area contributed by atoms with Gasteiger partial charge in [-0.3, -0.25) is 0 Å². The molecule has 3 nitrogen and oxygen atoms in total. The fraction of sp³-hybridized carbons (Fsp3) is 0.500. The second kappa shape index (κ2) is 15.7. The van der Waals surface area contributed by atoms with E-state index in [2.05, 4.69) is 0 Å². The SMILES string of the molecule is CC(=O)[O-].[Ca+2].[Mn+2].[OH-]. The van der Waals surface area contributed by atoms with Crippen molar-refractivity contribution in [2.75, 3.05) is 0 Å². The molecule has 0 aromatic rings. The number of rotatable bonds is 0. The van der Waals surface area contributed by atoms with Gasteiger partial charge in [-0.2, -0.15) is 0 Å². The molecule has 0 saturated heterocycles. The molecule has 0 spiro atoms. The predicted molar refractivity (Wildman–Crippen MR) is 18.4 cm³/mol. The molecule has 7 heavy (non-hydrogen) atoms. The molecule has 0 heterocycles. The third-order valence-electron chi connectivity index (χ3n) is 0. The first-order valence-electron chi connectivity index (χ1n) is 0.908. The van der Waals surface area contributed by atoms with Gasteiger partial charge < -0.3 is 15.4 Å². The molecule has 0 atom stereocenters. The molecular weight excluding hydrogens is 167 g/mol. The zero-order chi connectivity index (χ0) is 3.58. The van der Waals surface area contributed by atoms with E-state index in [9.17, 15) is 0 Å². The summed E-state index contributed by atoms with van der Waals surface area (Å²) in [6.45, 7) is 0.972. The van der Waals surface area contributed by atoms with Crippen LogP contribution >= 0.6 is 0 Å². The Kier molecular flexibility index (Phi) is 54.0. The molecule has 1 N–H and O–H groups in total. The van der Waals surface area contributed by atoms with Crippen molar-refractivity contribution in [2.45, 2.75) is 6.92 Å². The Balaban J connectivity index is -0.0000000150. The van der Waals surface area contributed by atoms with Gasteiger partial charge in [0.25, 0.3) is 0 Å². The number of carboxylic acids is 1. The van der Waals surface area contributed by atoms with Gasteiger partial charge in [0, 0.05) is 5.97 Å². The van der Waals surface area contributed by atoms with Gasteiger partial charge in [-0.1, -0.05) is 0 Å². The zero-order valence-electron chi connectivity index (χ0n) is 3.85. The average molecular weight is 171 g/mol. The summed E-state index contributed by atoms with van der Waals surface area (Å²) < 4.78 is 0. The van der Waals surface area contributed by atoms with Crippen LogP contribution in [0.25, 0.3) is 0 Å². The molecule has 0 aliphatic carbocycles. The molecule has 0 aliphatic rings. The predicted octanol–water partition coefficient (Wildman–Crippen LogP) is -1.80.